The number of amides is 3. The van der Waals surface area contributed by atoms with Crippen LogP contribution in [0.25, 0.3) is 0 Å². The van der Waals surface area contributed by atoms with Crippen LogP contribution in [0.3, 0.4) is 0 Å². The Morgan fingerprint density at radius 3 is 2.29 bits per heavy atom. The lowest BCUT2D eigenvalue weighted by atomic mass is 9.78. The fourth-order valence-corrected chi connectivity index (χ4v) is 11.3. The summed E-state index contributed by atoms with van der Waals surface area (Å²) < 4.78 is 30.5. The van der Waals surface area contributed by atoms with Gasteiger partial charge in [0.1, 0.15) is 35.9 Å². The maximum atomic E-state index is 15.0. The number of ketones is 2. The number of aromatic hydroxyl groups is 1. The molecule has 1 aliphatic carbocycles. The highest BCUT2D eigenvalue weighted by molar-refractivity contribution is 6.19. The standard InChI is InChI=1S/C57H84N8O14/c1-29(2)27-65-23-20-57(21-24-65)62-44-41-42-48(70)35(8)52-43(41)53(72)56(10,79-52)76-25-19-38(75-12)32(5)51(77-36(9)66)34(7)47(69)33(6)50(30(3)16-15-17-31(4)54(73)61-46(49(42)71)45(44)63-57)78-40(68)28-64(11)39(67)26-60-55(74)37(59)18-13-14-22-58/h15-17,19,25,29-30,32-34,37-38,44,47,50-51,62-63,69-70H,13-14,18,20-24,26-28,58-59H2,1-12H3,(H,60,74)(H,61,73)/b16-15+,25-19+,31-17-/t30-,32+,33-,34+,37-,38-,44?,47+,50-,51+,56-/m0/s1. The van der Waals surface area contributed by atoms with E-state index < -0.39 is 132 Å². The number of likely N-dealkylation sites (tertiary alicyclic amines) is 1. The topological polar surface area (TPSA) is 313 Å². The van der Waals surface area contributed by atoms with E-state index >= 15 is 0 Å². The Labute approximate surface area is 463 Å². The molecule has 11 atom stereocenters. The first-order valence-corrected chi connectivity index (χ1v) is 27.5. The first-order chi connectivity index (χ1) is 37.2. The largest absolute Gasteiger partial charge is 0.507 e. The lowest BCUT2D eigenvalue weighted by Gasteiger charge is -2.40. The molecule has 0 aromatic heterocycles. The summed E-state index contributed by atoms with van der Waals surface area (Å²) in [7, 11) is 2.80. The molecule has 4 heterocycles. The Kier molecular flexibility index (Phi) is 20.4. The molecule has 5 aliphatic rings. The molecule has 10 N–H and O–H groups in total. The number of rotatable bonds is 14. The van der Waals surface area contributed by atoms with Gasteiger partial charge in [-0.05, 0) is 58.1 Å². The zero-order valence-electron chi connectivity index (χ0n) is 47.9. The number of aliphatic hydroxyl groups excluding tert-OH is 1. The van der Waals surface area contributed by atoms with Crippen molar-refractivity contribution in [3.8, 4) is 11.5 Å². The van der Waals surface area contributed by atoms with Crippen LogP contribution in [-0.4, -0.2) is 157 Å². The van der Waals surface area contributed by atoms with Gasteiger partial charge in [0.25, 0.3) is 11.7 Å². The highest BCUT2D eigenvalue weighted by Gasteiger charge is 2.56. The second kappa shape index (κ2) is 26.0. The number of fused-ring (bicyclic) bond motifs is 3. The quantitative estimate of drug-likeness (QED) is 0.0981. The number of phenolic OH excluding ortho intramolecular Hbond substituents is 1. The number of hydrogen-bond acceptors (Lipinski definition) is 19. The van der Waals surface area contributed by atoms with E-state index in [1.165, 1.54) is 53.3 Å². The van der Waals surface area contributed by atoms with Crippen molar-refractivity contribution in [3.63, 3.8) is 0 Å². The van der Waals surface area contributed by atoms with Crippen molar-refractivity contribution < 1.29 is 67.5 Å². The molecule has 2 fully saturated rings. The van der Waals surface area contributed by atoms with Crippen molar-refractivity contribution in [1.82, 2.24) is 31.1 Å². The number of hydrogen-bond donors (Lipinski definition) is 8. The Hall–Kier alpha value is -6.17. The number of Topliss-reactive ketones (excluding diaryl/α,β-unsaturated/α-hetero) is 2. The zero-order valence-corrected chi connectivity index (χ0v) is 47.9. The average Bonchev–Trinajstić information content (AvgIpc) is 4.17. The molecular weight excluding hydrogens is 1020 g/mol. The molecule has 5 bridgehead atoms. The van der Waals surface area contributed by atoms with E-state index in [2.05, 4.69) is 40.0 Å². The van der Waals surface area contributed by atoms with Crippen LogP contribution in [0.4, 0.5) is 0 Å². The number of unbranched alkanes of at least 4 members (excludes halogenated alkanes) is 1. The van der Waals surface area contributed by atoms with E-state index in [-0.39, 0.29) is 39.3 Å². The predicted octanol–water partition coefficient (Wildman–Crippen LogP) is 3.04. The van der Waals surface area contributed by atoms with Crippen molar-refractivity contribution in [2.45, 2.75) is 149 Å². The smallest absolute Gasteiger partial charge is 0.325 e. The first-order valence-electron chi connectivity index (χ1n) is 27.5. The molecule has 1 spiro atoms. The number of ether oxygens (including phenoxy) is 5. The van der Waals surface area contributed by atoms with Crippen LogP contribution in [0.15, 0.2) is 47.5 Å². The van der Waals surface area contributed by atoms with E-state index in [0.717, 1.165) is 11.4 Å². The fourth-order valence-electron chi connectivity index (χ4n) is 11.3. The molecule has 0 saturated carbocycles. The molecule has 2 saturated heterocycles. The number of likely N-dealkylation sites (N-methyl/N-ethyl adjacent to an activating group) is 1. The van der Waals surface area contributed by atoms with E-state index in [1.807, 2.05) is 0 Å². The van der Waals surface area contributed by atoms with Gasteiger partial charge < -0.3 is 71.1 Å². The Balaban J connectivity index is 1.39. The van der Waals surface area contributed by atoms with Crippen LogP contribution in [0, 0.1) is 36.5 Å². The Morgan fingerprint density at radius 2 is 1.66 bits per heavy atom. The number of benzene rings is 1. The zero-order chi connectivity index (χ0) is 58.4. The second-order valence-electron chi connectivity index (χ2n) is 22.6. The first kappa shape index (κ1) is 62.0. The highest BCUT2D eigenvalue weighted by Crippen LogP contribution is 2.53. The van der Waals surface area contributed by atoms with Gasteiger partial charge in [0.15, 0.2) is 0 Å². The van der Waals surface area contributed by atoms with Crippen LogP contribution < -0.4 is 37.5 Å². The Morgan fingerprint density at radius 1 is 0.987 bits per heavy atom. The summed E-state index contributed by atoms with van der Waals surface area (Å²) in [5.74, 6) is -9.68. The van der Waals surface area contributed by atoms with Crippen LogP contribution in [0.5, 0.6) is 11.5 Å². The highest BCUT2D eigenvalue weighted by atomic mass is 16.7. The van der Waals surface area contributed by atoms with Crippen molar-refractivity contribution in [2.75, 3.05) is 53.4 Å². The monoisotopic (exact) mass is 1100 g/mol. The number of aliphatic hydroxyl groups is 1. The fraction of sp³-hybridized carbons (Fsp3) is 0.632. The van der Waals surface area contributed by atoms with E-state index in [4.69, 9.17) is 35.2 Å². The minimum Gasteiger partial charge on any atom is -0.507 e. The number of piperidine rings is 1. The minimum absolute atomic E-state index is 0.0287. The molecule has 22 heteroatoms. The van der Waals surface area contributed by atoms with E-state index in [1.54, 1.807) is 46.8 Å². The van der Waals surface area contributed by atoms with Gasteiger partial charge in [-0.15, -0.1) is 0 Å². The van der Waals surface area contributed by atoms with E-state index in [0.29, 0.717) is 63.4 Å². The molecule has 1 aromatic rings. The van der Waals surface area contributed by atoms with Crippen LogP contribution in [0.1, 0.15) is 132 Å². The summed E-state index contributed by atoms with van der Waals surface area (Å²) >= 11 is 0. The van der Waals surface area contributed by atoms with Crippen molar-refractivity contribution in [2.24, 2.45) is 41.1 Å². The number of nitrogens with one attached hydrogen (secondary N) is 4. The van der Waals surface area contributed by atoms with Gasteiger partial charge >= 0.3 is 17.7 Å². The summed E-state index contributed by atoms with van der Waals surface area (Å²) in [5, 5.41) is 36.9. The van der Waals surface area contributed by atoms with Crippen LogP contribution in [0.2, 0.25) is 0 Å². The molecule has 6 rings (SSSR count). The number of nitrogens with zero attached hydrogens (tertiary/aromatic N) is 2. The molecule has 22 nitrogen and oxygen atoms in total. The molecule has 3 amide bonds. The van der Waals surface area contributed by atoms with Gasteiger partial charge in [0.2, 0.25) is 17.6 Å². The van der Waals surface area contributed by atoms with Crippen LogP contribution in [-0.2, 0) is 42.9 Å². The lowest BCUT2D eigenvalue weighted by Crippen LogP contribution is -2.56. The van der Waals surface area contributed by atoms with Crippen molar-refractivity contribution in [1.29, 1.82) is 0 Å². The third-order valence-corrected chi connectivity index (χ3v) is 16.0. The van der Waals surface area contributed by atoms with E-state index in [9.17, 15) is 43.8 Å². The van der Waals surface area contributed by atoms with Crippen LogP contribution >= 0.6 is 0 Å². The number of allylic oxidation sites excluding steroid dienone is 3. The van der Waals surface area contributed by atoms with Gasteiger partial charge in [-0.2, -0.15) is 0 Å². The average molecular weight is 1110 g/mol. The van der Waals surface area contributed by atoms with Crippen molar-refractivity contribution >= 4 is 41.2 Å². The number of carbonyl (C=O) groups is 7. The van der Waals surface area contributed by atoms with Gasteiger partial charge in [0, 0.05) is 88.0 Å². The van der Waals surface area contributed by atoms with Crippen molar-refractivity contribution in [3.05, 3.63) is 69.8 Å². The van der Waals surface area contributed by atoms with Gasteiger partial charge in [-0.25, -0.2) is 0 Å². The summed E-state index contributed by atoms with van der Waals surface area (Å²) in [4.78, 5) is 100. The Bertz CT molecular complexity index is 2620. The maximum absolute atomic E-state index is 15.0. The second-order valence-corrected chi connectivity index (χ2v) is 22.6. The normalized spacial score (nSPS) is 30.0. The molecule has 436 valence electrons. The number of phenols is 1. The molecular formula is C57H84N8O14. The van der Waals surface area contributed by atoms with Gasteiger partial charge in [-0.3, -0.25) is 38.9 Å². The molecule has 79 heavy (non-hydrogen) atoms. The third kappa shape index (κ3) is 13.7. The SMILES string of the molecule is CO[C@H]1/C=C/O[C@@]2(C)Oc3c(C)c(O)c4c(c3C2=O)C2NC3(CCN(CC(C)C)CC3)NC2=C(NC(=O)/C(C)=C\C=C\[C@H](C)[C@H](OC(=O)CN(C)C(=O)CNC(=O)[C@@H](N)CCCCN)[C@@H](C)[C@@H](O)[C@@H](C)[C@H](OC(C)=O)[C@@H]1C)C4=O. The summed E-state index contributed by atoms with van der Waals surface area (Å²) in [6.45, 7) is 18.7. The predicted molar refractivity (Wildman–Crippen MR) is 292 cm³/mol. The molecule has 4 aliphatic heterocycles. The number of methoxy groups -OCH3 is 1. The summed E-state index contributed by atoms with van der Waals surface area (Å²) in [6.07, 6.45) is 6.12. The third-order valence-electron chi connectivity index (χ3n) is 16.0. The lowest BCUT2D eigenvalue weighted by molar-refractivity contribution is -0.166. The number of carbonyl (C=O) groups excluding carboxylic acids is 7. The number of nitrogens with two attached hydrogens (primary N) is 2. The molecule has 1 unspecified atom stereocenters. The maximum Gasteiger partial charge on any atom is 0.325 e. The summed E-state index contributed by atoms with van der Waals surface area (Å²) in [5.41, 5.74) is 11.3. The summed E-state index contributed by atoms with van der Waals surface area (Å²) in [6, 6.07) is -1.74. The molecule has 1 aromatic carbocycles. The van der Waals surface area contributed by atoms with Gasteiger partial charge in [-0.1, -0.05) is 66.2 Å². The number of esters is 2. The molecule has 0 radical (unpaired) electrons. The minimum atomic E-state index is -2.02. The van der Waals surface area contributed by atoms with Gasteiger partial charge in [0.05, 0.1) is 59.6 Å².